The summed E-state index contributed by atoms with van der Waals surface area (Å²) in [6, 6.07) is 3.83. The van der Waals surface area contributed by atoms with Crippen molar-refractivity contribution in [2.75, 3.05) is 63.9 Å². The Morgan fingerprint density at radius 1 is 1.07 bits per heavy atom. The Kier molecular flexibility index (Phi) is 7.39. The van der Waals surface area contributed by atoms with Crippen molar-refractivity contribution in [3.63, 3.8) is 0 Å². The number of Topliss-reactive ketones (excluding diaryl/α,β-unsaturated/α-hetero) is 1. The van der Waals surface area contributed by atoms with Crippen LogP contribution in [0.15, 0.2) is 18.3 Å². The Balaban J connectivity index is 1.38. The van der Waals surface area contributed by atoms with Gasteiger partial charge in [-0.15, -0.1) is 0 Å². The minimum atomic E-state index is -0.117. The third-order valence-electron chi connectivity index (χ3n) is 5.73. The lowest BCUT2D eigenvalue weighted by molar-refractivity contribution is -0.144. The van der Waals surface area contributed by atoms with E-state index in [1.54, 1.807) is 13.1 Å². The van der Waals surface area contributed by atoms with E-state index in [1.807, 2.05) is 19.1 Å². The van der Waals surface area contributed by atoms with E-state index in [1.165, 1.54) is 12.8 Å². The molecule has 2 aliphatic heterocycles. The number of nitrogens with zero attached hydrogens (tertiary/aromatic N) is 4. The van der Waals surface area contributed by atoms with Crippen molar-refractivity contribution < 1.29 is 14.3 Å². The molecule has 7 nitrogen and oxygen atoms in total. The highest BCUT2D eigenvalue weighted by molar-refractivity contribution is 5.93. The zero-order valence-corrected chi connectivity index (χ0v) is 17.1. The molecule has 0 aliphatic carbocycles. The van der Waals surface area contributed by atoms with E-state index >= 15 is 0 Å². The monoisotopic (exact) mass is 388 g/mol. The molecule has 0 unspecified atom stereocenters. The molecule has 28 heavy (non-hydrogen) atoms. The van der Waals surface area contributed by atoms with E-state index in [9.17, 15) is 9.59 Å². The zero-order chi connectivity index (χ0) is 19.9. The molecule has 0 radical (unpaired) electrons. The smallest absolute Gasteiger partial charge is 0.320 e. The lowest BCUT2D eigenvalue weighted by Crippen LogP contribution is -2.50. The van der Waals surface area contributed by atoms with Crippen LogP contribution in [-0.2, 0) is 9.53 Å². The number of piperidine rings is 1. The SMILES string of the molecule is CCOC(=O)CN1CCN(CC2CCN(c3ccc(C(C)=O)cn3)CC2)CC1. The maximum absolute atomic E-state index is 11.6. The molecule has 154 valence electrons. The van der Waals surface area contributed by atoms with E-state index < -0.39 is 0 Å². The first-order chi connectivity index (χ1) is 13.5. The average molecular weight is 389 g/mol. The van der Waals surface area contributed by atoms with Crippen LogP contribution in [0.3, 0.4) is 0 Å². The van der Waals surface area contributed by atoms with Crippen LogP contribution in [0, 0.1) is 5.92 Å². The van der Waals surface area contributed by atoms with Crippen molar-refractivity contribution in [3.8, 4) is 0 Å². The largest absolute Gasteiger partial charge is 0.465 e. The summed E-state index contributed by atoms with van der Waals surface area (Å²) < 4.78 is 5.04. The summed E-state index contributed by atoms with van der Waals surface area (Å²) in [5, 5.41) is 0. The van der Waals surface area contributed by atoms with Crippen LogP contribution in [-0.4, -0.2) is 85.5 Å². The Bertz CT molecular complexity index is 648. The number of pyridine rings is 1. The number of carbonyl (C=O) groups is 2. The van der Waals surface area contributed by atoms with Gasteiger partial charge in [0.15, 0.2) is 5.78 Å². The molecule has 2 fully saturated rings. The molecule has 0 bridgehead atoms. The molecule has 2 saturated heterocycles. The number of ether oxygens (including phenoxy) is 1. The second kappa shape index (κ2) is 9.98. The lowest BCUT2D eigenvalue weighted by atomic mass is 9.96. The first-order valence-electron chi connectivity index (χ1n) is 10.4. The predicted molar refractivity (Wildman–Crippen MR) is 109 cm³/mol. The average Bonchev–Trinajstić information content (AvgIpc) is 2.70. The molecule has 1 aromatic heterocycles. The van der Waals surface area contributed by atoms with Crippen molar-refractivity contribution >= 4 is 17.6 Å². The molecule has 0 N–H and O–H groups in total. The minimum absolute atomic E-state index is 0.0557. The molecule has 7 heteroatoms. The van der Waals surface area contributed by atoms with Crippen LogP contribution in [0.4, 0.5) is 5.82 Å². The summed E-state index contributed by atoms with van der Waals surface area (Å²) in [4.78, 5) is 34.5. The van der Waals surface area contributed by atoms with Gasteiger partial charge in [-0.1, -0.05) is 0 Å². The highest BCUT2D eigenvalue weighted by Crippen LogP contribution is 2.23. The quantitative estimate of drug-likeness (QED) is 0.520. The zero-order valence-electron chi connectivity index (χ0n) is 17.1. The fourth-order valence-electron chi connectivity index (χ4n) is 4.01. The van der Waals surface area contributed by atoms with Crippen molar-refractivity contribution in [2.24, 2.45) is 5.92 Å². The highest BCUT2D eigenvalue weighted by atomic mass is 16.5. The molecular formula is C21H32N4O3. The van der Waals surface area contributed by atoms with Crippen molar-refractivity contribution in [3.05, 3.63) is 23.9 Å². The highest BCUT2D eigenvalue weighted by Gasteiger charge is 2.25. The van der Waals surface area contributed by atoms with Gasteiger partial charge >= 0.3 is 5.97 Å². The van der Waals surface area contributed by atoms with Gasteiger partial charge in [0.25, 0.3) is 0 Å². The van der Waals surface area contributed by atoms with E-state index in [-0.39, 0.29) is 11.8 Å². The molecule has 0 saturated carbocycles. The van der Waals surface area contributed by atoms with E-state index in [0.29, 0.717) is 24.6 Å². The Morgan fingerprint density at radius 2 is 1.75 bits per heavy atom. The van der Waals surface area contributed by atoms with Crippen molar-refractivity contribution in [1.82, 2.24) is 14.8 Å². The number of anilines is 1. The number of ketones is 1. The van der Waals surface area contributed by atoms with Crippen LogP contribution in [0.1, 0.15) is 37.0 Å². The van der Waals surface area contributed by atoms with Crippen LogP contribution in [0.25, 0.3) is 0 Å². The third kappa shape index (κ3) is 5.75. The fourth-order valence-corrected chi connectivity index (χ4v) is 4.01. The molecule has 2 aliphatic rings. The topological polar surface area (TPSA) is 66.0 Å². The maximum Gasteiger partial charge on any atom is 0.320 e. The summed E-state index contributed by atoms with van der Waals surface area (Å²) >= 11 is 0. The first-order valence-corrected chi connectivity index (χ1v) is 10.4. The second-order valence-corrected chi connectivity index (χ2v) is 7.77. The van der Waals surface area contributed by atoms with E-state index in [2.05, 4.69) is 19.7 Å². The molecule has 0 amide bonds. The maximum atomic E-state index is 11.6. The summed E-state index contributed by atoms with van der Waals surface area (Å²) in [5.74, 6) is 1.62. The molecule has 0 aromatic carbocycles. The number of carbonyl (C=O) groups excluding carboxylic acids is 2. The Morgan fingerprint density at radius 3 is 2.32 bits per heavy atom. The summed E-state index contributed by atoms with van der Waals surface area (Å²) in [7, 11) is 0. The number of piperazine rings is 1. The van der Waals surface area contributed by atoms with Crippen LogP contribution < -0.4 is 4.90 Å². The van der Waals surface area contributed by atoms with Gasteiger partial charge in [-0.2, -0.15) is 0 Å². The Labute approximate surface area is 167 Å². The van der Waals surface area contributed by atoms with Crippen LogP contribution in [0.5, 0.6) is 0 Å². The van der Waals surface area contributed by atoms with E-state index in [0.717, 1.165) is 51.6 Å². The number of hydrogen-bond donors (Lipinski definition) is 0. The first kappa shape index (κ1) is 20.7. The Hall–Kier alpha value is -1.99. The standard InChI is InChI=1S/C21H32N4O3/c1-3-28-21(27)16-24-12-10-23(11-13-24)15-18-6-8-25(9-7-18)20-5-4-19(14-22-20)17(2)26/h4-5,14,18H,3,6-13,15-16H2,1-2H3. The fraction of sp³-hybridized carbons (Fsp3) is 0.667. The van der Waals surface area contributed by atoms with Gasteiger partial charge in [-0.05, 0) is 44.7 Å². The number of aromatic nitrogens is 1. The molecule has 1 aromatic rings. The van der Waals surface area contributed by atoms with Gasteiger partial charge in [0.1, 0.15) is 5.82 Å². The van der Waals surface area contributed by atoms with Gasteiger partial charge in [0.05, 0.1) is 13.2 Å². The van der Waals surface area contributed by atoms with Gasteiger partial charge < -0.3 is 14.5 Å². The van der Waals surface area contributed by atoms with Gasteiger partial charge in [-0.3, -0.25) is 14.5 Å². The van der Waals surface area contributed by atoms with Crippen molar-refractivity contribution in [1.29, 1.82) is 0 Å². The number of esters is 1. The summed E-state index contributed by atoms with van der Waals surface area (Å²) in [6.45, 7) is 11.4. The van der Waals surface area contributed by atoms with E-state index in [4.69, 9.17) is 4.74 Å². The molecule has 0 atom stereocenters. The van der Waals surface area contributed by atoms with Crippen molar-refractivity contribution in [2.45, 2.75) is 26.7 Å². The van der Waals surface area contributed by atoms with Crippen LogP contribution >= 0.6 is 0 Å². The number of rotatable bonds is 7. The predicted octanol–water partition coefficient (Wildman–Crippen LogP) is 1.68. The molecule has 3 rings (SSSR count). The lowest BCUT2D eigenvalue weighted by Gasteiger charge is -2.38. The van der Waals surface area contributed by atoms with Gasteiger partial charge in [0.2, 0.25) is 0 Å². The second-order valence-electron chi connectivity index (χ2n) is 7.77. The summed E-state index contributed by atoms with van der Waals surface area (Å²) in [6.07, 6.45) is 4.01. The van der Waals surface area contributed by atoms with Gasteiger partial charge in [0, 0.05) is 57.6 Å². The molecular weight excluding hydrogens is 356 g/mol. The molecule has 3 heterocycles. The molecule has 0 spiro atoms. The third-order valence-corrected chi connectivity index (χ3v) is 5.73. The van der Waals surface area contributed by atoms with Gasteiger partial charge in [-0.25, -0.2) is 4.98 Å². The van der Waals surface area contributed by atoms with Crippen LogP contribution in [0.2, 0.25) is 0 Å². The number of hydrogen-bond acceptors (Lipinski definition) is 7. The summed E-state index contributed by atoms with van der Waals surface area (Å²) in [5.41, 5.74) is 0.667. The normalized spacial score (nSPS) is 19.6. The minimum Gasteiger partial charge on any atom is -0.465 e.